The predicted octanol–water partition coefficient (Wildman–Crippen LogP) is 2.96. The van der Waals surface area contributed by atoms with E-state index in [1.54, 1.807) is 0 Å². The molecule has 1 saturated heterocycles. The number of ketones is 1. The summed E-state index contributed by atoms with van der Waals surface area (Å²) in [6, 6.07) is 5.82. The molecule has 19 heavy (non-hydrogen) atoms. The number of fused-ring (bicyclic) bond motifs is 1. The Labute approximate surface area is 113 Å². The minimum atomic E-state index is -0.0105. The molecule has 0 radical (unpaired) electrons. The van der Waals surface area contributed by atoms with E-state index in [2.05, 4.69) is 13.8 Å². The van der Waals surface area contributed by atoms with Crippen LogP contribution in [0.3, 0.4) is 0 Å². The monoisotopic (exact) mass is 260 g/mol. The quantitative estimate of drug-likeness (QED) is 0.767. The van der Waals surface area contributed by atoms with Gasteiger partial charge in [-0.1, -0.05) is 13.8 Å². The molecule has 2 aliphatic rings. The van der Waals surface area contributed by atoms with Crippen molar-refractivity contribution in [3.05, 3.63) is 29.3 Å². The summed E-state index contributed by atoms with van der Waals surface area (Å²) < 4.78 is 11.2. The van der Waals surface area contributed by atoms with Crippen LogP contribution in [-0.2, 0) is 10.2 Å². The molecule has 0 aromatic heterocycles. The van der Waals surface area contributed by atoms with Gasteiger partial charge in [-0.05, 0) is 31.5 Å². The van der Waals surface area contributed by atoms with Crippen LogP contribution in [0, 0.1) is 5.92 Å². The standard InChI is InChI=1S/C16H20O3/c1-10-12(6-7-18-10)15(17)11-4-5-14-13(8-11)16(2,3)9-19-14/h4-5,8,10,12H,6-7,9H2,1-3H3. The summed E-state index contributed by atoms with van der Waals surface area (Å²) in [5.41, 5.74) is 1.92. The van der Waals surface area contributed by atoms with Crippen LogP contribution in [0.15, 0.2) is 18.2 Å². The molecule has 1 aromatic rings. The number of hydrogen-bond acceptors (Lipinski definition) is 3. The number of hydrogen-bond donors (Lipinski definition) is 0. The SMILES string of the molecule is CC1OCCC1C(=O)c1ccc2c(c1)C(C)(C)CO2. The highest BCUT2D eigenvalue weighted by molar-refractivity contribution is 5.98. The fourth-order valence-corrected chi connectivity index (χ4v) is 2.96. The third-order valence-electron chi connectivity index (χ3n) is 4.29. The summed E-state index contributed by atoms with van der Waals surface area (Å²) in [5.74, 6) is 1.12. The first-order valence-corrected chi connectivity index (χ1v) is 6.92. The maximum absolute atomic E-state index is 12.5. The Balaban J connectivity index is 1.92. The number of ether oxygens (including phenoxy) is 2. The number of Topliss-reactive ketones (excluding diaryl/α,β-unsaturated/α-hetero) is 1. The van der Waals surface area contributed by atoms with Crippen molar-refractivity contribution in [3.63, 3.8) is 0 Å². The molecule has 3 nitrogen and oxygen atoms in total. The van der Waals surface area contributed by atoms with Crippen molar-refractivity contribution in [2.45, 2.75) is 38.7 Å². The second-order valence-corrected chi connectivity index (χ2v) is 6.22. The molecule has 0 saturated carbocycles. The van der Waals surface area contributed by atoms with E-state index < -0.39 is 0 Å². The van der Waals surface area contributed by atoms with Crippen LogP contribution in [0.1, 0.15) is 43.1 Å². The molecular weight excluding hydrogens is 240 g/mol. The zero-order valence-electron chi connectivity index (χ0n) is 11.7. The highest BCUT2D eigenvalue weighted by atomic mass is 16.5. The average molecular weight is 260 g/mol. The minimum Gasteiger partial charge on any atom is -0.492 e. The zero-order chi connectivity index (χ0) is 13.6. The van der Waals surface area contributed by atoms with E-state index in [0.29, 0.717) is 13.2 Å². The van der Waals surface area contributed by atoms with Crippen LogP contribution >= 0.6 is 0 Å². The van der Waals surface area contributed by atoms with Crippen molar-refractivity contribution in [1.82, 2.24) is 0 Å². The van der Waals surface area contributed by atoms with E-state index in [1.807, 2.05) is 25.1 Å². The number of rotatable bonds is 2. The molecule has 1 fully saturated rings. The fraction of sp³-hybridized carbons (Fsp3) is 0.562. The lowest BCUT2D eigenvalue weighted by Crippen LogP contribution is -2.22. The Hall–Kier alpha value is -1.35. The van der Waals surface area contributed by atoms with Gasteiger partial charge in [-0.2, -0.15) is 0 Å². The number of benzene rings is 1. The van der Waals surface area contributed by atoms with Gasteiger partial charge in [0.05, 0.1) is 18.6 Å². The zero-order valence-corrected chi connectivity index (χ0v) is 11.7. The summed E-state index contributed by atoms with van der Waals surface area (Å²) in [4.78, 5) is 12.5. The molecule has 0 spiro atoms. The molecule has 2 heterocycles. The second-order valence-electron chi connectivity index (χ2n) is 6.22. The second kappa shape index (κ2) is 4.34. The molecule has 2 atom stereocenters. The molecule has 102 valence electrons. The Morgan fingerprint density at radius 1 is 1.37 bits per heavy atom. The van der Waals surface area contributed by atoms with Crippen LogP contribution in [0.5, 0.6) is 5.75 Å². The van der Waals surface area contributed by atoms with E-state index in [-0.39, 0.29) is 23.2 Å². The maximum Gasteiger partial charge on any atom is 0.168 e. The largest absolute Gasteiger partial charge is 0.492 e. The normalized spacial score (nSPS) is 27.9. The Bertz CT molecular complexity index is 519. The Morgan fingerprint density at radius 2 is 2.16 bits per heavy atom. The van der Waals surface area contributed by atoms with Gasteiger partial charge in [0.15, 0.2) is 5.78 Å². The summed E-state index contributed by atoms with van der Waals surface area (Å²) in [7, 11) is 0. The molecule has 3 heteroatoms. The van der Waals surface area contributed by atoms with Gasteiger partial charge in [-0.3, -0.25) is 4.79 Å². The van der Waals surface area contributed by atoms with Gasteiger partial charge in [-0.25, -0.2) is 0 Å². The molecule has 1 aromatic carbocycles. The minimum absolute atomic E-state index is 0.00323. The van der Waals surface area contributed by atoms with Gasteiger partial charge in [0.2, 0.25) is 0 Å². The van der Waals surface area contributed by atoms with E-state index in [1.165, 1.54) is 0 Å². The topological polar surface area (TPSA) is 35.5 Å². The third-order valence-corrected chi connectivity index (χ3v) is 4.29. The van der Waals surface area contributed by atoms with Crippen molar-refractivity contribution in [2.75, 3.05) is 13.2 Å². The lowest BCUT2D eigenvalue weighted by molar-refractivity contribution is 0.0764. The first kappa shape index (κ1) is 12.7. The molecule has 0 amide bonds. The number of carbonyl (C=O) groups excluding carboxylic acids is 1. The summed E-state index contributed by atoms with van der Waals surface area (Å²) in [5, 5.41) is 0. The Kier molecular flexibility index (Phi) is 2.90. The van der Waals surface area contributed by atoms with Crippen LogP contribution in [0.2, 0.25) is 0 Å². The van der Waals surface area contributed by atoms with Crippen molar-refractivity contribution in [3.8, 4) is 5.75 Å². The molecule has 2 unspecified atom stereocenters. The molecule has 2 aliphatic heterocycles. The average Bonchev–Trinajstić information content (AvgIpc) is 2.93. The van der Waals surface area contributed by atoms with Crippen molar-refractivity contribution < 1.29 is 14.3 Å². The van der Waals surface area contributed by atoms with E-state index in [0.717, 1.165) is 23.3 Å². The highest BCUT2D eigenvalue weighted by Gasteiger charge is 2.35. The van der Waals surface area contributed by atoms with E-state index in [4.69, 9.17) is 9.47 Å². The van der Waals surface area contributed by atoms with Gasteiger partial charge >= 0.3 is 0 Å². The molecule has 0 N–H and O–H groups in total. The maximum atomic E-state index is 12.5. The summed E-state index contributed by atoms with van der Waals surface area (Å²) >= 11 is 0. The molecule has 3 rings (SSSR count). The fourth-order valence-electron chi connectivity index (χ4n) is 2.96. The van der Waals surface area contributed by atoms with Gasteiger partial charge < -0.3 is 9.47 Å². The predicted molar refractivity (Wildman–Crippen MR) is 72.8 cm³/mol. The lowest BCUT2D eigenvalue weighted by Gasteiger charge is -2.17. The molecule has 0 aliphatic carbocycles. The van der Waals surface area contributed by atoms with E-state index in [9.17, 15) is 4.79 Å². The van der Waals surface area contributed by atoms with Gasteiger partial charge in [-0.15, -0.1) is 0 Å². The van der Waals surface area contributed by atoms with Crippen LogP contribution in [0.4, 0.5) is 0 Å². The number of carbonyl (C=O) groups is 1. The molecule has 0 bridgehead atoms. The van der Waals surface area contributed by atoms with Crippen LogP contribution in [-0.4, -0.2) is 25.1 Å². The van der Waals surface area contributed by atoms with Crippen molar-refractivity contribution >= 4 is 5.78 Å². The molecular formula is C16H20O3. The van der Waals surface area contributed by atoms with Gasteiger partial charge in [0.1, 0.15) is 5.75 Å². The van der Waals surface area contributed by atoms with Crippen LogP contribution < -0.4 is 4.74 Å². The first-order chi connectivity index (χ1) is 8.99. The summed E-state index contributed by atoms with van der Waals surface area (Å²) in [6.45, 7) is 7.65. The van der Waals surface area contributed by atoms with E-state index >= 15 is 0 Å². The first-order valence-electron chi connectivity index (χ1n) is 6.92. The Morgan fingerprint density at radius 3 is 2.84 bits per heavy atom. The van der Waals surface area contributed by atoms with Gasteiger partial charge in [0.25, 0.3) is 0 Å². The third kappa shape index (κ3) is 2.06. The lowest BCUT2D eigenvalue weighted by atomic mass is 9.84. The van der Waals surface area contributed by atoms with Gasteiger partial charge in [0, 0.05) is 23.1 Å². The summed E-state index contributed by atoms with van der Waals surface area (Å²) in [6.07, 6.45) is 0.863. The van der Waals surface area contributed by atoms with Crippen molar-refractivity contribution in [1.29, 1.82) is 0 Å². The smallest absolute Gasteiger partial charge is 0.168 e. The highest BCUT2D eigenvalue weighted by Crippen LogP contribution is 2.39. The van der Waals surface area contributed by atoms with Crippen LogP contribution in [0.25, 0.3) is 0 Å². The van der Waals surface area contributed by atoms with Crippen molar-refractivity contribution in [2.24, 2.45) is 5.92 Å².